The van der Waals surface area contributed by atoms with Crippen LogP contribution >= 0.6 is 0 Å². The van der Waals surface area contributed by atoms with Crippen LogP contribution in [0.5, 0.6) is 5.75 Å². The normalized spacial score (nSPS) is 14.3. The molecule has 62 heavy (non-hydrogen) atoms. The van der Waals surface area contributed by atoms with E-state index in [2.05, 4.69) is 202 Å². The number of nitrogens with zero attached hydrogens (tertiary/aromatic N) is 2. The van der Waals surface area contributed by atoms with Crippen LogP contribution in [-0.2, 0) is 21.7 Å². The summed E-state index contributed by atoms with van der Waals surface area (Å²) in [6, 6.07) is 42.3. The van der Waals surface area contributed by atoms with Crippen LogP contribution in [0.2, 0.25) is 0 Å². The standard InChI is InChI=1S/C55H56BF3N2O/c1-51(2,3)33-17-13-19-35(29-33)60-46-31-37(62-55(57,58)59)32-47-48(46)56(44-27-25-38-40(49(44)60)21-15-23-42(38)53(7,8)9)45-28-26-39-41(22-16-24-43(39)54(10,11)12)50(45)61(47)36-20-14-18-34(30-36)52(4,5)6/h13-32H,1-12H3. The van der Waals surface area contributed by atoms with Crippen molar-refractivity contribution in [2.24, 2.45) is 0 Å². The van der Waals surface area contributed by atoms with Crippen LogP contribution in [0.1, 0.15) is 105 Å². The average Bonchev–Trinajstić information content (AvgIpc) is 3.18. The molecule has 3 nitrogen and oxygen atoms in total. The zero-order valence-electron chi connectivity index (χ0n) is 38.1. The number of alkyl halides is 3. The topological polar surface area (TPSA) is 15.7 Å². The Balaban J connectivity index is 1.49. The highest BCUT2D eigenvalue weighted by Crippen LogP contribution is 2.51. The minimum Gasteiger partial charge on any atom is -0.406 e. The van der Waals surface area contributed by atoms with Gasteiger partial charge in [-0.1, -0.05) is 168 Å². The van der Waals surface area contributed by atoms with Gasteiger partial charge in [0.2, 0.25) is 0 Å². The van der Waals surface area contributed by atoms with Crippen molar-refractivity contribution in [3.63, 3.8) is 0 Å². The number of fused-ring (bicyclic) bond motifs is 8. The smallest absolute Gasteiger partial charge is 0.406 e. The zero-order valence-corrected chi connectivity index (χ0v) is 38.1. The first-order valence-corrected chi connectivity index (χ1v) is 21.8. The highest BCUT2D eigenvalue weighted by molar-refractivity contribution is 7.00. The van der Waals surface area contributed by atoms with E-state index in [0.29, 0.717) is 11.4 Å². The first-order chi connectivity index (χ1) is 28.9. The van der Waals surface area contributed by atoms with Crippen LogP contribution in [0.15, 0.2) is 121 Å². The summed E-state index contributed by atoms with van der Waals surface area (Å²) in [5, 5.41) is 4.32. The van der Waals surface area contributed by atoms with Gasteiger partial charge in [-0.2, -0.15) is 0 Å². The van der Waals surface area contributed by atoms with Crippen molar-refractivity contribution in [1.82, 2.24) is 0 Å². The molecular formula is C55H56BF3N2O. The van der Waals surface area contributed by atoms with Crippen LogP contribution in [0.25, 0.3) is 21.5 Å². The van der Waals surface area contributed by atoms with Crippen LogP contribution in [0.4, 0.5) is 47.3 Å². The summed E-state index contributed by atoms with van der Waals surface area (Å²) in [5.41, 5.74) is 12.1. The first-order valence-electron chi connectivity index (χ1n) is 21.8. The van der Waals surface area contributed by atoms with E-state index in [4.69, 9.17) is 4.74 Å². The minimum atomic E-state index is -4.92. The molecule has 0 aliphatic carbocycles. The molecule has 0 saturated carbocycles. The van der Waals surface area contributed by atoms with E-state index in [9.17, 15) is 13.2 Å². The number of halogens is 3. The molecule has 9 rings (SSSR count). The Morgan fingerprint density at radius 1 is 0.435 bits per heavy atom. The molecule has 0 saturated heterocycles. The Morgan fingerprint density at radius 3 is 1.21 bits per heavy atom. The molecular weight excluding hydrogens is 772 g/mol. The second-order valence-electron chi connectivity index (χ2n) is 21.4. The van der Waals surface area contributed by atoms with Crippen molar-refractivity contribution in [1.29, 1.82) is 0 Å². The van der Waals surface area contributed by atoms with E-state index in [0.717, 1.165) is 71.8 Å². The molecule has 2 aliphatic heterocycles. The summed E-state index contributed by atoms with van der Waals surface area (Å²) < 4.78 is 49.0. The SMILES string of the molecule is CC(C)(C)c1cccc(N2c3cc(OC(F)(F)F)cc4c3B(c3ccc5c(C(C)(C)C)cccc5c32)c2ccc3c(C(C)(C)C)cccc3c2N4c2cccc(C(C)(C)C)c2)c1. The van der Waals surface area contributed by atoms with Gasteiger partial charge < -0.3 is 14.5 Å². The van der Waals surface area contributed by atoms with Crippen LogP contribution < -0.4 is 30.9 Å². The molecule has 0 atom stereocenters. The average molecular weight is 829 g/mol. The molecule has 0 spiro atoms. The third-order valence-electron chi connectivity index (χ3n) is 12.9. The molecule has 316 valence electrons. The van der Waals surface area contributed by atoms with E-state index in [-0.39, 0.29) is 34.1 Å². The fraction of sp³-hybridized carbons (Fsp3) is 0.309. The third-order valence-corrected chi connectivity index (χ3v) is 12.9. The van der Waals surface area contributed by atoms with Gasteiger partial charge >= 0.3 is 6.36 Å². The Labute approximate surface area is 365 Å². The monoisotopic (exact) mass is 828 g/mol. The van der Waals surface area contributed by atoms with Gasteiger partial charge in [-0.15, -0.1) is 13.2 Å². The van der Waals surface area contributed by atoms with Gasteiger partial charge in [-0.05, 0) is 95.3 Å². The number of hydrogen-bond acceptors (Lipinski definition) is 3. The minimum absolute atomic E-state index is 0.165. The first kappa shape index (κ1) is 41.7. The molecule has 0 aromatic heterocycles. The second-order valence-corrected chi connectivity index (χ2v) is 21.4. The zero-order chi connectivity index (χ0) is 44.5. The van der Waals surface area contributed by atoms with Crippen molar-refractivity contribution in [2.75, 3.05) is 9.80 Å². The third kappa shape index (κ3) is 6.92. The van der Waals surface area contributed by atoms with Crippen molar-refractivity contribution >= 4 is 78.8 Å². The molecule has 0 N–H and O–H groups in total. The van der Waals surface area contributed by atoms with Gasteiger partial charge in [0.1, 0.15) is 5.75 Å². The summed E-state index contributed by atoms with van der Waals surface area (Å²) in [6.45, 7) is 26.2. The lowest BCUT2D eigenvalue weighted by molar-refractivity contribution is -0.274. The Hall–Kier alpha value is -5.69. The van der Waals surface area contributed by atoms with Gasteiger partial charge in [0.15, 0.2) is 0 Å². The lowest BCUT2D eigenvalue weighted by atomic mass is 9.33. The summed E-state index contributed by atoms with van der Waals surface area (Å²) in [6.07, 6.45) is -4.92. The van der Waals surface area contributed by atoms with Gasteiger partial charge in [-0.3, -0.25) is 0 Å². The van der Waals surface area contributed by atoms with E-state index >= 15 is 0 Å². The van der Waals surface area contributed by atoms with Gasteiger partial charge in [0.05, 0.1) is 0 Å². The molecule has 0 unspecified atom stereocenters. The van der Waals surface area contributed by atoms with E-state index in [1.165, 1.54) is 11.1 Å². The van der Waals surface area contributed by atoms with Crippen LogP contribution in [-0.4, -0.2) is 13.1 Å². The molecule has 0 radical (unpaired) electrons. The molecule has 2 aliphatic rings. The van der Waals surface area contributed by atoms with E-state index in [1.807, 2.05) is 0 Å². The highest BCUT2D eigenvalue weighted by atomic mass is 19.4. The van der Waals surface area contributed by atoms with E-state index < -0.39 is 6.36 Å². The van der Waals surface area contributed by atoms with Crippen molar-refractivity contribution in [3.8, 4) is 5.75 Å². The fourth-order valence-electron chi connectivity index (χ4n) is 9.93. The summed E-state index contributed by atoms with van der Waals surface area (Å²) >= 11 is 0. The van der Waals surface area contributed by atoms with Crippen LogP contribution in [0.3, 0.4) is 0 Å². The molecule has 0 fully saturated rings. The highest BCUT2D eigenvalue weighted by Gasteiger charge is 2.46. The maximum atomic E-state index is 14.7. The number of benzene rings is 7. The van der Waals surface area contributed by atoms with Gasteiger partial charge in [-0.25, -0.2) is 0 Å². The van der Waals surface area contributed by atoms with Crippen molar-refractivity contribution in [2.45, 2.75) is 111 Å². The molecule has 0 bridgehead atoms. The fourth-order valence-corrected chi connectivity index (χ4v) is 9.93. The molecule has 0 amide bonds. The summed E-state index contributed by atoms with van der Waals surface area (Å²) in [7, 11) is 0. The Bertz CT molecular complexity index is 2750. The molecule has 7 aromatic carbocycles. The number of rotatable bonds is 3. The van der Waals surface area contributed by atoms with Gasteiger partial charge in [0.25, 0.3) is 6.71 Å². The largest absolute Gasteiger partial charge is 0.573 e. The molecule has 7 heteroatoms. The van der Waals surface area contributed by atoms with E-state index in [1.54, 1.807) is 12.1 Å². The Kier molecular flexibility index (Phi) is 9.35. The lowest BCUT2D eigenvalue weighted by Gasteiger charge is -2.45. The van der Waals surface area contributed by atoms with Crippen molar-refractivity contribution in [3.05, 3.63) is 144 Å². The lowest BCUT2D eigenvalue weighted by Crippen LogP contribution is -2.61. The predicted molar refractivity (Wildman–Crippen MR) is 257 cm³/mol. The molecule has 7 aromatic rings. The number of anilines is 6. The van der Waals surface area contributed by atoms with Crippen molar-refractivity contribution < 1.29 is 17.9 Å². The maximum absolute atomic E-state index is 14.7. The number of ether oxygens (including phenoxy) is 1. The summed E-state index contributed by atoms with van der Waals surface area (Å²) in [5.74, 6) is -0.267. The second kappa shape index (κ2) is 13.9. The Morgan fingerprint density at radius 2 is 0.839 bits per heavy atom. The van der Waals surface area contributed by atoms with Gasteiger partial charge in [0, 0.05) is 57.0 Å². The van der Waals surface area contributed by atoms with Crippen LogP contribution in [0, 0.1) is 0 Å². The maximum Gasteiger partial charge on any atom is 0.573 e. The molecule has 2 heterocycles. The number of hydrogen-bond donors (Lipinski definition) is 0. The quantitative estimate of drug-likeness (QED) is 0.165. The predicted octanol–water partition coefficient (Wildman–Crippen LogP) is 14.2. The summed E-state index contributed by atoms with van der Waals surface area (Å²) in [4.78, 5) is 4.43.